The molecule has 2 N–H and O–H groups in total. The summed E-state index contributed by atoms with van der Waals surface area (Å²) in [7, 11) is 1.33. The Morgan fingerprint density at radius 1 is 1.17 bits per heavy atom. The molecule has 1 aliphatic heterocycles. The van der Waals surface area contributed by atoms with Gasteiger partial charge in [-0.2, -0.15) is 0 Å². The Morgan fingerprint density at radius 3 is 2.47 bits per heavy atom. The molecule has 1 heterocycles. The Hall–Kier alpha value is -3.88. The number of nitro benzene ring substituents is 1. The van der Waals surface area contributed by atoms with E-state index in [1.165, 1.54) is 19.2 Å². The van der Waals surface area contributed by atoms with Gasteiger partial charge in [-0.15, -0.1) is 0 Å². The Kier molecular flexibility index (Phi) is 6.01. The summed E-state index contributed by atoms with van der Waals surface area (Å²) < 4.78 is 10.4. The highest BCUT2D eigenvalue weighted by molar-refractivity contribution is 6.04. The fourth-order valence-electron chi connectivity index (χ4n) is 3.17. The first kappa shape index (κ1) is 20.8. The largest absolute Gasteiger partial charge is 0.490 e. The van der Waals surface area contributed by atoms with E-state index in [4.69, 9.17) is 9.47 Å². The van der Waals surface area contributed by atoms with Crippen molar-refractivity contribution in [1.82, 2.24) is 10.6 Å². The lowest BCUT2D eigenvalue weighted by Gasteiger charge is -2.30. The first-order valence-electron chi connectivity index (χ1n) is 9.22. The third kappa shape index (κ3) is 4.24. The van der Waals surface area contributed by atoms with Crippen molar-refractivity contribution in [3.8, 4) is 5.75 Å². The van der Waals surface area contributed by atoms with E-state index in [2.05, 4.69) is 10.6 Å². The van der Waals surface area contributed by atoms with E-state index in [0.717, 1.165) is 0 Å². The van der Waals surface area contributed by atoms with Gasteiger partial charge in [0.2, 0.25) is 0 Å². The van der Waals surface area contributed by atoms with Crippen molar-refractivity contribution >= 4 is 23.4 Å². The number of benzene rings is 2. The highest BCUT2D eigenvalue weighted by atomic mass is 16.6. The van der Waals surface area contributed by atoms with Crippen LogP contribution in [0, 0.1) is 10.1 Å². The minimum Gasteiger partial charge on any atom is -0.490 e. The third-order valence-electron chi connectivity index (χ3n) is 4.43. The molecule has 3 rings (SSSR count). The maximum absolute atomic E-state index is 13.0. The van der Waals surface area contributed by atoms with Gasteiger partial charge in [0.15, 0.2) is 5.75 Å². The number of amides is 2. The standard InChI is InChI=1S/C21H21N3O6/c1-12(2)30-20(25)17-18(13-7-5-4-6-8-13)22-21(26)23-19(17)14-9-10-16(29-3)15(11-14)24(27)28/h4-12,19H,1-3H3,(H2,22,23,26). The molecule has 0 aliphatic carbocycles. The molecule has 0 bridgehead atoms. The number of rotatable bonds is 6. The van der Waals surface area contributed by atoms with Gasteiger partial charge >= 0.3 is 17.7 Å². The van der Waals surface area contributed by atoms with Crippen molar-refractivity contribution in [3.63, 3.8) is 0 Å². The molecular weight excluding hydrogens is 390 g/mol. The number of esters is 1. The van der Waals surface area contributed by atoms with Crippen molar-refractivity contribution in [2.45, 2.75) is 26.0 Å². The molecule has 156 valence electrons. The molecular formula is C21H21N3O6. The SMILES string of the molecule is COc1ccc(C2NC(=O)NC(c3ccccc3)=C2C(=O)OC(C)C)cc1[N+](=O)[O-]. The number of nitro groups is 1. The van der Waals surface area contributed by atoms with E-state index in [1.807, 2.05) is 6.07 Å². The summed E-state index contributed by atoms with van der Waals surface area (Å²) in [6.45, 7) is 3.42. The Balaban J connectivity index is 2.20. The second kappa shape index (κ2) is 8.64. The van der Waals surface area contributed by atoms with Gasteiger partial charge in [-0.05, 0) is 31.0 Å². The number of nitrogens with one attached hydrogen (secondary N) is 2. The van der Waals surface area contributed by atoms with Gasteiger partial charge < -0.3 is 20.1 Å². The summed E-state index contributed by atoms with van der Waals surface area (Å²) >= 11 is 0. The van der Waals surface area contributed by atoms with Gasteiger partial charge in [0.05, 0.1) is 35.4 Å². The van der Waals surface area contributed by atoms with Crippen molar-refractivity contribution in [1.29, 1.82) is 0 Å². The van der Waals surface area contributed by atoms with Crippen LogP contribution in [0.25, 0.3) is 5.70 Å². The zero-order valence-electron chi connectivity index (χ0n) is 16.7. The Bertz CT molecular complexity index is 1020. The summed E-state index contributed by atoms with van der Waals surface area (Å²) in [5.41, 5.74) is 1.11. The number of carbonyl (C=O) groups is 2. The van der Waals surface area contributed by atoms with Gasteiger partial charge in [-0.3, -0.25) is 10.1 Å². The van der Waals surface area contributed by atoms with E-state index in [0.29, 0.717) is 11.1 Å². The second-order valence-corrected chi connectivity index (χ2v) is 6.83. The van der Waals surface area contributed by atoms with Crippen molar-refractivity contribution in [2.75, 3.05) is 7.11 Å². The summed E-state index contributed by atoms with van der Waals surface area (Å²) in [4.78, 5) is 36.3. The van der Waals surface area contributed by atoms with E-state index >= 15 is 0 Å². The van der Waals surface area contributed by atoms with Gasteiger partial charge in [-0.1, -0.05) is 36.4 Å². The maximum Gasteiger partial charge on any atom is 0.338 e. The molecule has 2 aromatic rings. The number of hydrogen-bond donors (Lipinski definition) is 2. The average molecular weight is 411 g/mol. The van der Waals surface area contributed by atoms with Crippen molar-refractivity contribution < 1.29 is 24.0 Å². The van der Waals surface area contributed by atoms with Gasteiger partial charge in [0.1, 0.15) is 0 Å². The minimum atomic E-state index is -0.954. The Morgan fingerprint density at radius 2 is 1.87 bits per heavy atom. The first-order chi connectivity index (χ1) is 14.3. The predicted octanol–water partition coefficient (Wildman–Crippen LogP) is 3.32. The van der Waals surface area contributed by atoms with Crippen LogP contribution in [-0.2, 0) is 9.53 Å². The molecule has 0 spiro atoms. The molecule has 1 atom stereocenters. The topological polar surface area (TPSA) is 120 Å². The van der Waals surface area contributed by atoms with Crippen molar-refractivity contribution in [3.05, 3.63) is 75.3 Å². The van der Waals surface area contributed by atoms with E-state index < -0.39 is 29.1 Å². The normalized spacial score (nSPS) is 16.0. The van der Waals surface area contributed by atoms with Crippen LogP contribution in [0.3, 0.4) is 0 Å². The highest BCUT2D eigenvalue weighted by Gasteiger charge is 2.35. The number of methoxy groups -OCH3 is 1. The predicted molar refractivity (Wildman–Crippen MR) is 109 cm³/mol. The number of hydrogen-bond acceptors (Lipinski definition) is 6. The average Bonchev–Trinajstić information content (AvgIpc) is 2.72. The fraction of sp³-hybridized carbons (Fsp3) is 0.238. The monoisotopic (exact) mass is 411 g/mol. The fourth-order valence-corrected chi connectivity index (χ4v) is 3.17. The number of carbonyl (C=O) groups excluding carboxylic acids is 2. The van der Waals surface area contributed by atoms with E-state index in [1.54, 1.807) is 44.2 Å². The summed E-state index contributed by atoms with van der Waals surface area (Å²) in [5, 5.41) is 16.8. The van der Waals surface area contributed by atoms with Crippen LogP contribution in [0.1, 0.15) is 31.0 Å². The smallest absolute Gasteiger partial charge is 0.338 e. The number of ether oxygens (including phenoxy) is 2. The third-order valence-corrected chi connectivity index (χ3v) is 4.43. The summed E-state index contributed by atoms with van der Waals surface area (Å²) in [5.74, 6) is -0.567. The van der Waals surface area contributed by atoms with E-state index in [9.17, 15) is 19.7 Å². The van der Waals surface area contributed by atoms with Crippen LogP contribution in [-0.4, -0.2) is 30.1 Å². The molecule has 1 unspecified atom stereocenters. The lowest BCUT2D eigenvalue weighted by atomic mass is 9.92. The van der Waals surface area contributed by atoms with Crippen LogP contribution in [0.15, 0.2) is 54.1 Å². The van der Waals surface area contributed by atoms with Crippen LogP contribution >= 0.6 is 0 Å². The lowest BCUT2D eigenvalue weighted by molar-refractivity contribution is -0.385. The summed E-state index contributed by atoms with van der Waals surface area (Å²) in [6.07, 6.45) is -0.398. The molecule has 9 heteroatoms. The molecule has 1 aliphatic rings. The van der Waals surface area contributed by atoms with Crippen LogP contribution in [0.5, 0.6) is 5.75 Å². The van der Waals surface area contributed by atoms with Crippen LogP contribution in [0.2, 0.25) is 0 Å². The van der Waals surface area contributed by atoms with Crippen LogP contribution < -0.4 is 15.4 Å². The zero-order valence-corrected chi connectivity index (χ0v) is 16.7. The molecule has 0 fully saturated rings. The molecule has 0 radical (unpaired) electrons. The van der Waals surface area contributed by atoms with E-state index in [-0.39, 0.29) is 22.7 Å². The molecule has 2 amide bonds. The molecule has 2 aromatic carbocycles. The number of nitrogens with zero attached hydrogens (tertiary/aromatic N) is 1. The minimum absolute atomic E-state index is 0.0718. The Labute approximate surface area is 172 Å². The molecule has 9 nitrogen and oxygen atoms in total. The zero-order chi connectivity index (χ0) is 21.8. The first-order valence-corrected chi connectivity index (χ1v) is 9.22. The van der Waals surface area contributed by atoms with Crippen molar-refractivity contribution in [2.24, 2.45) is 0 Å². The molecule has 30 heavy (non-hydrogen) atoms. The molecule has 0 saturated carbocycles. The van der Waals surface area contributed by atoms with Crippen LogP contribution in [0.4, 0.5) is 10.5 Å². The van der Waals surface area contributed by atoms with Gasteiger partial charge in [0.25, 0.3) is 0 Å². The van der Waals surface area contributed by atoms with Gasteiger partial charge in [-0.25, -0.2) is 9.59 Å². The molecule has 0 saturated heterocycles. The highest BCUT2D eigenvalue weighted by Crippen LogP contribution is 2.36. The maximum atomic E-state index is 13.0. The quantitative estimate of drug-likeness (QED) is 0.427. The van der Waals surface area contributed by atoms with Gasteiger partial charge in [0, 0.05) is 6.07 Å². The number of urea groups is 1. The molecule has 0 aromatic heterocycles. The lowest BCUT2D eigenvalue weighted by Crippen LogP contribution is -2.45. The second-order valence-electron chi connectivity index (χ2n) is 6.83. The summed E-state index contributed by atoms with van der Waals surface area (Å²) in [6, 6.07) is 11.6.